The number of anilines is 1. The Bertz CT molecular complexity index is 622. The van der Waals surface area contributed by atoms with Crippen LogP contribution in [0.1, 0.15) is 38.2 Å². The van der Waals surface area contributed by atoms with Crippen LogP contribution in [0.4, 0.5) is 5.69 Å². The molecule has 1 heterocycles. The molecule has 0 aromatic heterocycles. The Labute approximate surface area is 130 Å². The van der Waals surface area contributed by atoms with E-state index >= 15 is 0 Å². The Morgan fingerprint density at radius 1 is 1.36 bits per heavy atom. The van der Waals surface area contributed by atoms with Crippen molar-refractivity contribution in [3.8, 4) is 5.75 Å². The largest absolute Gasteiger partial charge is 0.466 e. The zero-order valence-corrected chi connectivity index (χ0v) is 13.3. The lowest BCUT2D eigenvalue weighted by molar-refractivity contribution is -0.148. The molecule has 118 valence electrons. The predicted octanol–water partition coefficient (Wildman–Crippen LogP) is 2.17. The fourth-order valence-corrected chi connectivity index (χ4v) is 3.21. The highest BCUT2D eigenvalue weighted by Gasteiger charge is 2.50. The summed E-state index contributed by atoms with van der Waals surface area (Å²) in [6.45, 7) is 3.51. The molecule has 0 bridgehead atoms. The Morgan fingerprint density at radius 3 is 2.73 bits per heavy atom. The molecular formula is C17H22N2O3. The molecule has 22 heavy (non-hydrogen) atoms. The van der Waals surface area contributed by atoms with E-state index in [0.717, 1.165) is 31.2 Å². The smallest absolute Gasteiger partial charge is 0.280 e. The van der Waals surface area contributed by atoms with Gasteiger partial charge in [-0.3, -0.25) is 9.59 Å². The number of hydrogen-bond acceptors (Lipinski definition) is 3. The van der Waals surface area contributed by atoms with Gasteiger partial charge in [-0.25, -0.2) is 0 Å². The normalized spacial score (nSPS) is 24.9. The Balaban J connectivity index is 1.88. The summed E-state index contributed by atoms with van der Waals surface area (Å²) in [5.74, 6) is -0.111. The maximum atomic E-state index is 12.7. The minimum absolute atomic E-state index is 0.158. The zero-order valence-electron chi connectivity index (χ0n) is 13.3. The van der Waals surface area contributed by atoms with Gasteiger partial charge in [-0.2, -0.15) is 0 Å². The molecule has 1 atom stereocenters. The average molecular weight is 302 g/mol. The maximum Gasteiger partial charge on any atom is 0.280 e. The van der Waals surface area contributed by atoms with Crippen molar-refractivity contribution in [2.75, 3.05) is 11.9 Å². The molecular weight excluding hydrogens is 280 g/mol. The number of rotatable bonds is 2. The molecule has 1 aliphatic heterocycles. The Hall–Kier alpha value is -2.04. The Morgan fingerprint density at radius 2 is 2.05 bits per heavy atom. The number of nitrogens with one attached hydrogen (secondary N) is 1. The number of benzene rings is 1. The van der Waals surface area contributed by atoms with Gasteiger partial charge < -0.3 is 15.0 Å². The molecule has 5 heteroatoms. The number of ether oxygens (including phenoxy) is 1. The van der Waals surface area contributed by atoms with Gasteiger partial charge >= 0.3 is 0 Å². The fourth-order valence-electron chi connectivity index (χ4n) is 3.21. The quantitative estimate of drug-likeness (QED) is 0.852. The molecule has 3 rings (SSSR count). The number of likely N-dealkylation sites (N-methyl/N-ethyl adjacent to an activating group) is 1. The Kier molecular flexibility index (Phi) is 3.59. The minimum atomic E-state index is -1.50. The third-order valence-corrected chi connectivity index (χ3v) is 4.63. The van der Waals surface area contributed by atoms with E-state index in [0.29, 0.717) is 11.4 Å². The third kappa shape index (κ3) is 2.34. The van der Waals surface area contributed by atoms with Crippen molar-refractivity contribution in [3.63, 3.8) is 0 Å². The first-order chi connectivity index (χ1) is 10.4. The molecule has 1 aromatic rings. The standard InChI is InChI=1S/C17H22N2O3/c1-11-8-9-14-13(10-11)19(3)16(21)17(2,22-14)15(20)18-12-6-4-5-7-12/h8-10,12H,4-7H2,1-3H3,(H,18,20). The van der Waals surface area contributed by atoms with Gasteiger partial charge in [0.25, 0.3) is 17.4 Å². The molecule has 0 saturated heterocycles. The molecule has 0 radical (unpaired) electrons. The lowest BCUT2D eigenvalue weighted by Crippen LogP contribution is -2.62. The van der Waals surface area contributed by atoms with E-state index in [1.165, 1.54) is 4.90 Å². The van der Waals surface area contributed by atoms with Crippen molar-refractivity contribution in [2.45, 2.75) is 51.2 Å². The van der Waals surface area contributed by atoms with E-state index in [9.17, 15) is 9.59 Å². The summed E-state index contributed by atoms with van der Waals surface area (Å²) >= 11 is 0. The first-order valence-electron chi connectivity index (χ1n) is 7.80. The lowest BCUT2D eigenvalue weighted by Gasteiger charge is -2.38. The monoisotopic (exact) mass is 302 g/mol. The van der Waals surface area contributed by atoms with Crippen molar-refractivity contribution in [1.29, 1.82) is 0 Å². The van der Waals surface area contributed by atoms with Crippen LogP contribution in [0, 0.1) is 6.92 Å². The summed E-state index contributed by atoms with van der Waals surface area (Å²) in [6.07, 6.45) is 4.19. The maximum absolute atomic E-state index is 12.7. The van der Waals surface area contributed by atoms with Gasteiger partial charge in [0.15, 0.2) is 0 Å². The highest BCUT2D eigenvalue weighted by atomic mass is 16.5. The zero-order chi connectivity index (χ0) is 15.9. The van der Waals surface area contributed by atoms with E-state index in [4.69, 9.17) is 4.74 Å². The molecule has 2 aliphatic rings. The molecule has 5 nitrogen and oxygen atoms in total. The van der Waals surface area contributed by atoms with Crippen LogP contribution in [0.25, 0.3) is 0 Å². The van der Waals surface area contributed by atoms with Crippen molar-refractivity contribution in [1.82, 2.24) is 5.32 Å². The third-order valence-electron chi connectivity index (χ3n) is 4.63. The van der Waals surface area contributed by atoms with Crippen molar-refractivity contribution in [2.24, 2.45) is 0 Å². The van der Waals surface area contributed by atoms with Gasteiger partial charge in [-0.15, -0.1) is 0 Å². The van der Waals surface area contributed by atoms with Gasteiger partial charge in [0, 0.05) is 13.1 Å². The summed E-state index contributed by atoms with van der Waals surface area (Å²) in [5.41, 5.74) is 0.247. The lowest BCUT2D eigenvalue weighted by atomic mass is 9.99. The van der Waals surface area contributed by atoms with Gasteiger partial charge in [0.2, 0.25) is 0 Å². The van der Waals surface area contributed by atoms with Gasteiger partial charge in [0.05, 0.1) is 5.69 Å². The van der Waals surface area contributed by atoms with E-state index in [1.54, 1.807) is 14.0 Å². The number of aryl methyl sites for hydroxylation is 1. The molecule has 1 saturated carbocycles. The van der Waals surface area contributed by atoms with Crippen LogP contribution in [-0.2, 0) is 9.59 Å². The number of fused-ring (bicyclic) bond motifs is 1. The fraction of sp³-hybridized carbons (Fsp3) is 0.529. The number of carbonyl (C=O) groups excluding carboxylic acids is 2. The number of hydrogen-bond donors (Lipinski definition) is 1. The van der Waals surface area contributed by atoms with Crippen LogP contribution < -0.4 is 15.0 Å². The van der Waals surface area contributed by atoms with E-state index < -0.39 is 5.60 Å². The van der Waals surface area contributed by atoms with E-state index in [1.807, 2.05) is 25.1 Å². The second-order valence-electron chi connectivity index (χ2n) is 6.43. The van der Waals surface area contributed by atoms with Crippen LogP contribution in [0.3, 0.4) is 0 Å². The van der Waals surface area contributed by atoms with Gasteiger partial charge in [-0.05, 0) is 44.4 Å². The predicted molar refractivity (Wildman–Crippen MR) is 84.0 cm³/mol. The van der Waals surface area contributed by atoms with Crippen LogP contribution in [0.15, 0.2) is 18.2 Å². The van der Waals surface area contributed by atoms with Crippen LogP contribution >= 0.6 is 0 Å². The molecule has 1 aromatic carbocycles. The van der Waals surface area contributed by atoms with E-state index in [2.05, 4.69) is 5.32 Å². The summed E-state index contributed by atoms with van der Waals surface area (Å²) in [5, 5.41) is 2.97. The second-order valence-corrected chi connectivity index (χ2v) is 6.43. The van der Waals surface area contributed by atoms with Crippen molar-refractivity contribution in [3.05, 3.63) is 23.8 Å². The van der Waals surface area contributed by atoms with Crippen LogP contribution in [0.5, 0.6) is 5.75 Å². The van der Waals surface area contributed by atoms with Gasteiger partial charge in [0.1, 0.15) is 5.75 Å². The molecule has 1 unspecified atom stereocenters. The number of nitrogens with zero attached hydrogens (tertiary/aromatic N) is 1. The summed E-state index contributed by atoms with van der Waals surface area (Å²) in [7, 11) is 1.68. The topological polar surface area (TPSA) is 58.6 Å². The molecule has 2 amide bonds. The molecule has 1 aliphatic carbocycles. The summed E-state index contributed by atoms with van der Waals surface area (Å²) < 4.78 is 5.83. The number of amides is 2. The van der Waals surface area contributed by atoms with E-state index in [-0.39, 0.29) is 17.9 Å². The van der Waals surface area contributed by atoms with Crippen LogP contribution in [0.2, 0.25) is 0 Å². The van der Waals surface area contributed by atoms with Crippen molar-refractivity contribution >= 4 is 17.5 Å². The molecule has 0 spiro atoms. The average Bonchev–Trinajstić information content (AvgIpc) is 2.99. The first kappa shape index (κ1) is 14.9. The number of carbonyl (C=O) groups is 2. The highest BCUT2D eigenvalue weighted by molar-refractivity contribution is 6.16. The molecule has 1 fully saturated rings. The summed E-state index contributed by atoms with van der Waals surface area (Å²) in [6, 6.07) is 5.78. The van der Waals surface area contributed by atoms with Crippen LogP contribution in [-0.4, -0.2) is 30.5 Å². The SMILES string of the molecule is Cc1ccc2c(c1)N(C)C(=O)C(C)(C(=O)NC1CCCC1)O2. The molecule has 1 N–H and O–H groups in total. The van der Waals surface area contributed by atoms with Gasteiger partial charge in [-0.1, -0.05) is 18.9 Å². The first-order valence-corrected chi connectivity index (χ1v) is 7.80. The second kappa shape index (κ2) is 5.30. The minimum Gasteiger partial charge on any atom is -0.466 e. The van der Waals surface area contributed by atoms with Crippen molar-refractivity contribution < 1.29 is 14.3 Å². The highest BCUT2D eigenvalue weighted by Crippen LogP contribution is 2.37. The summed E-state index contributed by atoms with van der Waals surface area (Å²) in [4.78, 5) is 26.8.